The smallest absolute Gasteiger partial charge is 0.324 e. The molecule has 0 saturated carbocycles. The van der Waals surface area contributed by atoms with Gasteiger partial charge in [-0.2, -0.15) is 61.5 Å². The number of nitrogens with zero attached hydrogens (tertiary/aromatic N) is 1. The van der Waals surface area contributed by atoms with Crippen LogP contribution >= 0.6 is 0 Å². The van der Waals surface area contributed by atoms with Crippen LogP contribution in [0.1, 0.15) is 0 Å². The Hall–Kier alpha value is -2.96. The number of aromatic nitrogens is 2. The molecule has 20 heteroatoms. The number of rotatable bonds is 9. The average Bonchev–Trinajstić information content (AvgIpc) is 3.14. The third kappa shape index (κ3) is 3.78. The van der Waals surface area contributed by atoms with Crippen molar-refractivity contribution in [3.63, 3.8) is 0 Å². The summed E-state index contributed by atoms with van der Waals surface area (Å²) >= 11 is 0. The van der Waals surface area contributed by atoms with E-state index >= 15 is 0 Å². The number of benzene rings is 1. The minimum atomic E-state index is -8.58. The number of amides is 1. The number of para-hydroxylation sites is 2. The van der Waals surface area contributed by atoms with Gasteiger partial charge in [-0.25, -0.2) is 13.8 Å². The van der Waals surface area contributed by atoms with E-state index in [2.05, 4.69) is 4.98 Å². The number of anilines is 1. The summed E-state index contributed by atoms with van der Waals surface area (Å²) in [6.07, 6.45) is -5.93. The molecule has 204 valence electrons. The molecule has 1 heterocycles. The van der Waals surface area contributed by atoms with Gasteiger partial charge < -0.3 is 4.98 Å². The minimum absolute atomic E-state index is 0.0958. The highest BCUT2D eigenvalue weighted by molar-refractivity contribution is 5.97. The zero-order valence-electron chi connectivity index (χ0n) is 16.3. The second-order valence-electron chi connectivity index (χ2n) is 6.93. The van der Waals surface area contributed by atoms with Crippen molar-refractivity contribution in [3.8, 4) is 0 Å². The summed E-state index contributed by atoms with van der Waals surface area (Å²) in [6, 6.07) is 4.83. The molecule has 0 spiro atoms. The van der Waals surface area contributed by atoms with Gasteiger partial charge in [-0.1, -0.05) is 12.1 Å². The van der Waals surface area contributed by atoms with E-state index in [-0.39, 0.29) is 11.0 Å². The molecule has 0 atom stereocenters. The van der Waals surface area contributed by atoms with Crippen molar-refractivity contribution in [2.45, 2.75) is 47.9 Å². The van der Waals surface area contributed by atoms with Gasteiger partial charge >= 0.3 is 53.8 Å². The lowest BCUT2D eigenvalue weighted by molar-refractivity contribution is -0.443. The van der Waals surface area contributed by atoms with Crippen molar-refractivity contribution in [2.75, 3.05) is 5.32 Å². The van der Waals surface area contributed by atoms with Crippen LogP contribution < -0.4 is 5.32 Å². The first-order chi connectivity index (χ1) is 15.9. The van der Waals surface area contributed by atoms with Gasteiger partial charge in [0.15, 0.2) is 0 Å². The average molecular weight is 561 g/mol. The summed E-state index contributed by atoms with van der Waals surface area (Å²) in [5.41, 5.74) is -0.261. The highest BCUT2D eigenvalue weighted by Gasteiger charge is 2.94. The molecule has 2 aromatic rings. The van der Waals surface area contributed by atoms with Gasteiger partial charge in [-0.3, -0.25) is 10.1 Å². The lowest BCUT2D eigenvalue weighted by Gasteiger charge is -2.42. The number of fused-ring (bicyclic) bond motifs is 1. The highest BCUT2D eigenvalue weighted by atomic mass is 19.4. The fraction of sp³-hybridized carbons (Fsp3) is 0.500. The maximum atomic E-state index is 13.9. The van der Waals surface area contributed by atoms with E-state index in [9.17, 15) is 75.0 Å². The maximum absolute atomic E-state index is 13.9. The van der Waals surface area contributed by atoms with Crippen LogP contribution in [0, 0.1) is 0 Å². The fourth-order valence-electron chi connectivity index (χ4n) is 2.48. The molecule has 0 bridgehead atoms. The van der Waals surface area contributed by atoms with Crippen LogP contribution in [0.5, 0.6) is 0 Å². The Kier molecular flexibility index (Phi) is 6.74. The van der Waals surface area contributed by atoms with Crippen molar-refractivity contribution >= 4 is 22.9 Å². The fourth-order valence-corrected chi connectivity index (χ4v) is 2.48. The molecule has 0 saturated heterocycles. The molecule has 0 aliphatic heterocycles. The third-order valence-corrected chi connectivity index (χ3v) is 4.57. The van der Waals surface area contributed by atoms with Crippen LogP contribution in [-0.4, -0.2) is 63.8 Å². The lowest BCUT2D eigenvalue weighted by Crippen LogP contribution is -2.74. The monoisotopic (exact) mass is 561 g/mol. The van der Waals surface area contributed by atoms with Crippen LogP contribution in [-0.2, 0) is 4.79 Å². The number of alkyl halides is 16. The molecular formula is C16H7F16N3O. The molecule has 0 radical (unpaired) electrons. The van der Waals surface area contributed by atoms with Crippen molar-refractivity contribution < 1.29 is 75.0 Å². The van der Waals surface area contributed by atoms with Crippen LogP contribution in [0.25, 0.3) is 11.0 Å². The molecule has 0 unspecified atom stereocenters. The van der Waals surface area contributed by atoms with Gasteiger partial charge in [0.05, 0.1) is 11.0 Å². The highest BCUT2D eigenvalue weighted by Crippen LogP contribution is 2.62. The largest absolute Gasteiger partial charge is 0.393 e. The van der Waals surface area contributed by atoms with Gasteiger partial charge in [-0.05, 0) is 12.1 Å². The number of aromatic amines is 1. The molecule has 0 aliphatic rings. The number of carbonyl (C=O) groups is 1. The van der Waals surface area contributed by atoms with E-state index in [1.165, 1.54) is 12.1 Å². The Morgan fingerprint density at radius 2 is 1.17 bits per heavy atom. The number of nitrogens with one attached hydrogen (secondary N) is 2. The quantitative estimate of drug-likeness (QED) is 0.358. The summed E-state index contributed by atoms with van der Waals surface area (Å²) in [6.45, 7) is 0. The lowest BCUT2D eigenvalue weighted by atomic mass is 9.89. The Labute approximate surface area is 186 Å². The van der Waals surface area contributed by atoms with E-state index < -0.39 is 59.7 Å². The van der Waals surface area contributed by atoms with Crippen LogP contribution in [0.15, 0.2) is 24.3 Å². The van der Waals surface area contributed by atoms with Crippen molar-refractivity contribution in [1.82, 2.24) is 9.97 Å². The number of halogens is 16. The molecule has 1 aromatic heterocycles. The first-order valence-corrected chi connectivity index (χ1v) is 8.60. The summed E-state index contributed by atoms with van der Waals surface area (Å²) in [4.78, 5) is 16.8. The van der Waals surface area contributed by atoms with Gasteiger partial charge in [0.2, 0.25) is 5.95 Å². The van der Waals surface area contributed by atoms with Crippen molar-refractivity contribution in [1.29, 1.82) is 0 Å². The van der Waals surface area contributed by atoms with Crippen molar-refractivity contribution in [2.24, 2.45) is 0 Å². The SMILES string of the molecule is O=C(Nc1nc2ccccc2[nH]1)C(F)(F)C(F)(F)C(F)(F)C(F)(F)C(F)(F)C(F)(F)C(F)(F)C(F)F. The number of hydrogen-bond acceptors (Lipinski definition) is 2. The minimum Gasteiger partial charge on any atom is -0.324 e. The molecule has 36 heavy (non-hydrogen) atoms. The van der Waals surface area contributed by atoms with E-state index in [1.807, 2.05) is 4.98 Å². The summed E-state index contributed by atoms with van der Waals surface area (Å²) in [7, 11) is 0. The molecule has 1 aromatic carbocycles. The second kappa shape index (κ2) is 8.29. The second-order valence-corrected chi connectivity index (χ2v) is 6.93. The van der Waals surface area contributed by atoms with Gasteiger partial charge in [-0.15, -0.1) is 0 Å². The molecule has 0 aliphatic carbocycles. The molecule has 2 N–H and O–H groups in total. The molecular weight excluding hydrogens is 554 g/mol. The third-order valence-electron chi connectivity index (χ3n) is 4.57. The standard InChI is InChI=1S/C16H7F16N3O/c17-7(18)10(19,20)12(23,24)14(27,28)16(31,32)15(29,30)13(25,26)11(21,22)8(36)35-9-33-5-3-1-2-4-6(5)34-9/h1-4,7H,(H2,33,34,35,36). The Morgan fingerprint density at radius 3 is 1.64 bits per heavy atom. The Bertz CT molecular complexity index is 1090. The van der Waals surface area contributed by atoms with Crippen LogP contribution in [0.3, 0.4) is 0 Å². The van der Waals surface area contributed by atoms with Crippen LogP contribution in [0.2, 0.25) is 0 Å². The van der Waals surface area contributed by atoms with Crippen LogP contribution in [0.4, 0.5) is 76.2 Å². The number of imidazole rings is 1. The molecule has 4 nitrogen and oxygen atoms in total. The first-order valence-electron chi connectivity index (χ1n) is 8.60. The summed E-state index contributed by atoms with van der Waals surface area (Å²) in [5.74, 6) is -61.2. The maximum Gasteiger partial charge on any atom is 0.393 e. The Balaban J connectivity index is 2.50. The molecule has 1 amide bonds. The molecule has 2 rings (SSSR count). The number of hydrogen-bond donors (Lipinski definition) is 2. The summed E-state index contributed by atoms with van der Waals surface area (Å²) in [5, 5.41) is 0.741. The topological polar surface area (TPSA) is 57.8 Å². The number of carbonyl (C=O) groups excluding carboxylic acids is 1. The zero-order chi connectivity index (χ0) is 28.3. The van der Waals surface area contributed by atoms with E-state index in [4.69, 9.17) is 0 Å². The molecule has 0 fully saturated rings. The van der Waals surface area contributed by atoms with Gasteiger partial charge in [0.1, 0.15) is 0 Å². The van der Waals surface area contributed by atoms with E-state index in [0.717, 1.165) is 17.4 Å². The van der Waals surface area contributed by atoms with Gasteiger partial charge in [0, 0.05) is 0 Å². The van der Waals surface area contributed by atoms with Gasteiger partial charge in [0.25, 0.3) is 0 Å². The van der Waals surface area contributed by atoms with E-state index in [0.29, 0.717) is 0 Å². The van der Waals surface area contributed by atoms with E-state index in [1.54, 1.807) is 0 Å². The first kappa shape index (κ1) is 29.3. The summed E-state index contributed by atoms with van der Waals surface area (Å²) < 4.78 is 213. The number of H-pyrrole nitrogens is 1. The predicted molar refractivity (Wildman–Crippen MR) is 85.4 cm³/mol. The van der Waals surface area contributed by atoms with Crippen molar-refractivity contribution in [3.05, 3.63) is 24.3 Å². The predicted octanol–water partition coefficient (Wildman–Crippen LogP) is 6.21. The zero-order valence-corrected chi connectivity index (χ0v) is 16.3. The normalized spacial score (nSPS) is 15.0. The Morgan fingerprint density at radius 1 is 0.722 bits per heavy atom.